The second-order valence-electron chi connectivity index (χ2n) is 2.54. The minimum absolute atomic E-state index is 0.438. The van der Waals surface area contributed by atoms with Gasteiger partial charge in [0.2, 0.25) is 0 Å². The predicted octanol–water partition coefficient (Wildman–Crippen LogP) is 2.00. The molecule has 0 bridgehead atoms. The van der Waals surface area contributed by atoms with Gasteiger partial charge >= 0.3 is 0 Å². The van der Waals surface area contributed by atoms with Crippen LogP contribution in [-0.2, 0) is 0 Å². The molecule has 1 heterocycles. The first-order chi connectivity index (χ1) is 5.75. The van der Waals surface area contributed by atoms with Crippen LogP contribution in [0.4, 0.5) is 0 Å². The van der Waals surface area contributed by atoms with E-state index in [1.165, 1.54) is 0 Å². The predicted molar refractivity (Wildman–Crippen MR) is 50.6 cm³/mol. The molecule has 2 heteroatoms. The number of aromatic nitrogens is 1. The molecule has 0 saturated carbocycles. The average molecular weight is 160 g/mol. The van der Waals surface area contributed by atoms with Gasteiger partial charge in [-0.1, -0.05) is 24.8 Å². The number of hydrogen-bond donors (Lipinski definition) is 2. The van der Waals surface area contributed by atoms with E-state index in [-0.39, 0.29) is 0 Å². The topological polar surface area (TPSA) is 39.6 Å². The van der Waals surface area contributed by atoms with Crippen LogP contribution in [0.15, 0.2) is 31.0 Å². The van der Waals surface area contributed by atoms with E-state index in [1.54, 1.807) is 12.3 Å². The summed E-state index contributed by atoms with van der Waals surface area (Å²) in [6.45, 7) is 5.56. The van der Waals surface area contributed by atoms with Crippen molar-refractivity contribution in [3.63, 3.8) is 0 Å². The third kappa shape index (κ3) is 1.72. The molecule has 0 aliphatic carbocycles. The molecule has 0 fully saturated rings. The molecular formula is C10H12N2. The number of aryl methyl sites for hydroxylation is 1. The van der Waals surface area contributed by atoms with Crippen molar-refractivity contribution in [2.24, 2.45) is 0 Å². The summed E-state index contributed by atoms with van der Waals surface area (Å²) in [6, 6.07) is 1.95. The second kappa shape index (κ2) is 3.72. The van der Waals surface area contributed by atoms with Crippen molar-refractivity contribution in [1.29, 1.82) is 5.41 Å². The van der Waals surface area contributed by atoms with Crippen molar-refractivity contribution in [3.8, 4) is 0 Å². The highest BCUT2D eigenvalue weighted by Gasteiger charge is 1.93. The van der Waals surface area contributed by atoms with Gasteiger partial charge in [0.25, 0.3) is 0 Å². The zero-order chi connectivity index (χ0) is 8.97. The standard InChI is InChI=1S/C10H12N2/c1-3-4-5-9-8(2)6-7-12-10(9)11/h3-7H,1H2,2H3,(H2,11,12)/b5-4-. The van der Waals surface area contributed by atoms with Gasteiger partial charge in [-0.05, 0) is 18.6 Å². The normalized spacial score (nSPS) is 10.4. The second-order valence-corrected chi connectivity index (χ2v) is 2.54. The van der Waals surface area contributed by atoms with Gasteiger partial charge in [0.1, 0.15) is 5.49 Å². The van der Waals surface area contributed by atoms with Crippen LogP contribution < -0.4 is 5.49 Å². The lowest BCUT2D eigenvalue weighted by molar-refractivity contribution is 1.07. The molecule has 12 heavy (non-hydrogen) atoms. The first-order valence-corrected chi connectivity index (χ1v) is 3.77. The molecule has 0 aromatic carbocycles. The molecule has 0 aliphatic rings. The molecule has 1 aromatic rings. The largest absolute Gasteiger partial charge is 0.347 e. The maximum atomic E-state index is 7.55. The number of rotatable bonds is 2. The van der Waals surface area contributed by atoms with Crippen LogP contribution in [0, 0.1) is 12.3 Å². The number of allylic oxidation sites excluding steroid dienone is 2. The van der Waals surface area contributed by atoms with E-state index in [0.29, 0.717) is 5.49 Å². The Morgan fingerprint density at radius 2 is 2.33 bits per heavy atom. The summed E-state index contributed by atoms with van der Waals surface area (Å²) >= 11 is 0. The Bertz CT molecular complexity index is 358. The van der Waals surface area contributed by atoms with Crippen LogP contribution in [0.2, 0.25) is 0 Å². The number of pyridine rings is 1. The Labute approximate surface area is 71.8 Å². The summed E-state index contributed by atoms with van der Waals surface area (Å²) in [5, 5.41) is 7.55. The monoisotopic (exact) mass is 160 g/mol. The lowest BCUT2D eigenvalue weighted by atomic mass is 10.1. The van der Waals surface area contributed by atoms with E-state index in [0.717, 1.165) is 11.1 Å². The fraction of sp³-hybridized carbons (Fsp3) is 0.100. The first kappa shape index (κ1) is 8.53. The first-order valence-electron chi connectivity index (χ1n) is 3.77. The molecule has 1 rings (SSSR count). The van der Waals surface area contributed by atoms with Crippen molar-refractivity contribution in [3.05, 3.63) is 47.6 Å². The minimum Gasteiger partial charge on any atom is -0.347 e. The van der Waals surface area contributed by atoms with E-state index < -0.39 is 0 Å². The maximum absolute atomic E-state index is 7.55. The zero-order valence-corrected chi connectivity index (χ0v) is 7.09. The Morgan fingerprint density at radius 3 is 2.92 bits per heavy atom. The quantitative estimate of drug-likeness (QED) is 0.621. The minimum atomic E-state index is 0.438. The summed E-state index contributed by atoms with van der Waals surface area (Å²) in [5.41, 5.74) is 2.45. The summed E-state index contributed by atoms with van der Waals surface area (Å²) in [7, 11) is 0. The Balaban J connectivity index is 3.21. The highest BCUT2D eigenvalue weighted by atomic mass is 14.7. The molecule has 1 aromatic heterocycles. The summed E-state index contributed by atoms with van der Waals surface area (Å²) in [4.78, 5) is 2.83. The van der Waals surface area contributed by atoms with E-state index >= 15 is 0 Å². The van der Waals surface area contributed by atoms with Gasteiger partial charge in [-0.2, -0.15) is 0 Å². The fourth-order valence-corrected chi connectivity index (χ4v) is 0.994. The lowest BCUT2D eigenvalue weighted by Gasteiger charge is -1.97. The van der Waals surface area contributed by atoms with Gasteiger partial charge in [0.15, 0.2) is 0 Å². The zero-order valence-electron chi connectivity index (χ0n) is 7.09. The van der Waals surface area contributed by atoms with Gasteiger partial charge in [-0.3, -0.25) is 5.41 Å². The molecule has 62 valence electrons. The maximum Gasteiger partial charge on any atom is 0.129 e. The molecule has 0 spiro atoms. The number of aromatic amines is 1. The third-order valence-electron chi connectivity index (χ3n) is 1.65. The number of hydrogen-bond acceptors (Lipinski definition) is 1. The Morgan fingerprint density at radius 1 is 1.58 bits per heavy atom. The molecular weight excluding hydrogens is 148 g/mol. The molecule has 0 saturated heterocycles. The van der Waals surface area contributed by atoms with Crippen LogP contribution in [0.3, 0.4) is 0 Å². The molecule has 0 aliphatic heterocycles. The number of H-pyrrole nitrogens is 1. The van der Waals surface area contributed by atoms with Crippen LogP contribution in [-0.4, -0.2) is 4.98 Å². The number of nitrogens with one attached hydrogen (secondary N) is 2. The molecule has 0 radical (unpaired) electrons. The highest BCUT2D eigenvalue weighted by molar-refractivity contribution is 5.52. The van der Waals surface area contributed by atoms with Crippen molar-refractivity contribution in [1.82, 2.24) is 4.98 Å². The van der Waals surface area contributed by atoms with Crippen molar-refractivity contribution >= 4 is 6.08 Å². The molecule has 2 nitrogen and oxygen atoms in total. The SMILES string of the molecule is C=C/C=C\c1c(C)cc[nH]c1=N. The van der Waals surface area contributed by atoms with Gasteiger partial charge < -0.3 is 4.98 Å². The molecule has 0 atom stereocenters. The lowest BCUT2D eigenvalue weighted by Crippen LogP contribution is -2.09. The summed E-state index contributed by atoms with van der Waals surface area (Å²) in [6.07, 6.45) is 7.17. The smallest absolute Gasteiger partial charge is 0.129 e. The van der Waals surface area contributed by atoms with E-state index in [4.69, 9.17) is 5.41 Å². The van der Waals surface area contributed by atoms with Gasteiger partial charge in [0, 0.05) is 11.8 Å². The van der Waals surface area contributed by atoms with Gasteiger partial charge in [-0.15, -0.1) is 0 Å². The molecule has 2 N–H and O–H groups in total. The van der Waals surface area contributed by atoms with E-state index in [2.05, 4.69) is 11.6 Å². The Hall–Kier alpha value is -1.57. The third-order valence-corrected chi connectivity index (χ3v) is 1.65. The molecule has 0 amide bonds. The van der Waals surface area contributed by atoms with Crippen molar-refractivity contribution < 1.29 is 0 Å². The van der Waals surface area contributed by atoms with E-state index in [9.17, 15) is 0 Å². The highest BCUT2D eigenvalue weighted by Crippen LogP contribution is 2.01. The fourth-order valence-electron chi connectivity index (χ4n) is 0.994. The molecule has 0 unspecified atom stereocenters. The van der Waals surface area contributed by atoms with Crippen LogP contribution >= 0.6 is 0 Å². The van der Waals surface area contributed by atoms with Crippen LogP contribution in [0.25, 0.3) is 6.08 Å². The van der Waals surface area contributed by atoms with Crippen molar-refractivity contribution in [2.45, 2.75) is 6.92 Å². The summed E-state index contributed by atoms with van der Waals surface area (Å²) in [5.74, 6) is 0. The van der Waals surface area contributed by atoms with Crippen LogP contribution in [0.1, 0.15) is 11.1 Å². The summed E-state index contributed by atoms with van der Waals surface area (Å²) < 4.78 is 0. The Kier molecular flexibility index (Phi) is 2.64. The van der Waals surface area contributed by atoms with Gasteiger partial charge in [-0.25, -0.2) is 0 Å². The van der Waals surface area contributed by atoms with E-state index in [1.807, 2.05) is 25.1 Å². The van der Waals surface area contributed by atoms with Gasteiger partial charge in [0.05, 0.1) is 0 Å². The van der Waals surface area contributed by atoms with Crippen LogP contribution in [0.5, 0.6) is 0 Å². The van der Waals surface area contributed by atoms with Crippen molar-refractivity contribution in [2.75, 3.05) is 0 Å². The average Bonchev–Trinajstić information content (AvgIpc) is 2.04.